The second-order valence-corrected chi connectivity index (χ2v) is 9.75. The molecule has 196 valence electrons. The zero-order chi connectivity index (χ0) is 26.7. The molecular weight excluding hydrogens is 516 g/mol. The summed E-state index contributed by atoms with van der Waals surface area (Å²) in [7, 11) is -3.82. The molecule has 2 aromatic carbocycles. The van der Waals surface area contributed by atoms with E-state index in [0.717, 1.165) is 0 Å². The highest BCUT2D eigenvalue weighted by atomic mass is 35.5. The second-order valence-electron chi connectivity index (χ2n) is 7.49. The normalized spacial score (nSPS) is 12.7. The van der Waals surface area contributed by atoms with Crippen LogP contribution in [0, 0.1) is 0 Å². The maximum Gasteiger partial charge on any atom is 0.303 e. The van der Waals surface area contributed by atoms with Crippen LogP contribution in [0.5, 0.6) is 11.5 Å². The minimum atomic E-state index is -3.82. The van der Waals surface area contributed by atoms with Gasteiger partial charge in [-0.2, -0.15) is 0 Å². The molecule has 0 heterocycles. The summed E-state index contributed by atoms with van der Waals surface area (Å²) in [5, 5.41) is 0. The highest BCUT2D eigenvalue weighted by Crippen LogP contribution is 2.25. The molecule has 2 aromatic rings. The number of esters is 3. The molecule has 0 aliphatic carbocycles. The molecule has 0 radical (unpaired) electrons. The number of alkyl halides is 1. The molecule has 0 bridgehead atoms. The van der Waals surface area contributed by atoms with Crippen LogP contribution in [0.15, 0.2) is 58.3 Å². The smallest absolute Gasteiger partial charge is 0.303 e. The molecule has 0 saturated carbocycles. The highest BCUT2D eigenvalue weighted by Gasteiger charge is 2.19. The minimum absolute atomic E-state index is 0.0236. The van der Waals surface area contributed by atoms with Gasteiger partial charge in [-0.1, -0.05) is 0 Å². The number of hydrogen-bond acceptors (Lipinski definition) is 10. The summed E-state index contributed by atoms with van der Waals surface area (Å²) in [5.41, 5.74) is 0. The molecule has 12 heteroatoms. The second kappa shape index (κ2) is 13.7. The van der Waals surface area contributed by atoms with Gasteiger partial charge in [0.25, 0.3) is 0 Å². The van der Waals surface area contributed by atoms with Gasteiger partial charge in [-0.05, 0) is 48.5 Å². The van der Waals surface area contributed by atoms with Crippen LogP contribution in [0.3, 0.4) is 0 Å². The molecule has 0 fully saturated rings. The molecule has 0 saturated heterocycles. The van der Waals surface area contributed by atoms with Crippen LogP contribution in [0.4, 0.5) is 0 Å². The fourth-order valence-corrected chi connectivity index (χ4v) is 4.26. The monoisotopic (exact) mass is 542 g/mol. The van der Waals surface area contributed by atoms with Crippen LogP contribution in [-0.4, -0.2) is 64.2 Å². The summed E-state index contributed by atoms with van der Waals surface area (Å²) >= 11 is 5.74. The molecule has 0 aromatic heterocycles. The van der Waals surface area contributed by atoms with E-state index in [4.69, 9.17) is 35.3 Å². The molecule has 2 atom stereocenters. The Bertz CT molecular complexity index is 1130. The predicted molar refractivity (Wildman–Crippen MR) is 128 cm³/mol. The summed E-state index contributed by atoms with van der Waals surface area (Å²) < 4.78 is 51.9. The molecule has 0 aliphatic rings. The van der Waals surface area contributed by atoms with E-state index in [1.165, 1.54) is 69.3 Å². The van der Waals surface area contributed by atoms with E-state index < -0.39 is 40.0 Å². The summed E-state index contributed by atoms with van der Waals surface area (Å²) in [6.45, 7) is 3.48. The molecular formula is C24H27ClO10S. The molecule has 0 aliphatic heterocycles. The number of ether oxygens (including phenoxy) is 5. The van der Waals surface area contributed by atoms with Crippen LogP contribution in [-0.2, 0) is 38.4 Å². The lowest BCUT2D eigenvalue weighted by Crippen LogP contribution is -2.29. The van der Waals surface area contributed by atoms with Crippen molar-refractivity contribution in [2.45, 2.75) is 42.8 Å². The van der Waals surface area contributed by atoms with Gasteiger partial charge in [0.1, 0.15) is 37.4 Å². The maximum atomic E-state index is 13.0. The predicted octanol–water partition coefficient (Wildman–Crippen LogP) is 2.94. The van der Waals surface area contributed by atoms with Gasteiger partial charge in [-0.15, -0.1) is 11.6 Å². The van der Waals surface area contributed by atoms with Crippen LogP contribution >= 0.6 is 11.6 Å². The standard InChI is InChI=1S/C24H27ClO10S/c1-16(26)31-14-22(35-18(3)28)15-33-20-6-10-24(11-7-20)36(29,30)23-8-4-19(5-9-23)32-13-21(12-25)34-17(2)27/h4-11,21-22H,12-15H2,1-3H3/t21-,22+/m1/s1. The third-order valence-corrected chi connectivity index (χ3v) is 6.58. The third-order valence-electron chi connectivity index (χ3n) is 4.45. The zero-order valence-corrected chi connectivity index (χ0v) is 21.5. The molecule has 0 amide bonds. The first-order chi connectivity index (χ1) is 17.0. The van der Waals surface area contributed by atoms with Crippen LogP contribution in [0.2, 0.25) is 0 Å². The first kappa shape index (κ1) is 28.9. The Kier molecular flexibility index (Phi) is 11.0. The van der Waals surface area contributed by atoms with E-state index >= 15 is 0 Å². The number of carbonyl (C=O) groups excluding carboxylic acids is 3. The molecule has 2 rings (SSSR count). The van der Waals surface area contributed by atoms with Crippen molar-refractivity contribution in [2.24, 2.45) is 0 Å². The SMILES string of the molecule is CC(=O)OC[C@@H](COc1ccc(S(=O)(=O)c2ccc(OC[C@@H](CCl)OC(C)=O)cc2)cc1)OC(C)=O. The summed E-state index contributed by atoms with van der Waals surface area (Å²) in [6.07, 6.45) is -1.44. The van der Waals surface area contributed by atoms with Crippen molar-refractivity contribution in [3.05, 3.63) is 48.5 Å². The quantitative estimate of drug-likeness (QED) is 0.211. The van der Waals surface area contributed by atoms with Crippen molar-refractivity contribution >= 4 is 39.3 Å². The van der Waals surface area contributed by atoms with Gasteiger partial charge in [0.15, 0.2) is 6.10 Å². The van der Waals surface area contributed by atoms with Crippen molar-refractivity contribution in [3.63, 3.8) is 0 Å². The van der Waals surface area contributed by atoms with Gasteiger partial charge in [0.05, 0.1) is 15.7 Å². The van der Waals surface area contributed by atoms with Crippen molar-refractivity contribution in [1.29, 1.82) is 0 Å². The molecule has 0 N–H and O–H groups in total. The Hall–Kier alpha value is -3.31. The maximum absolute atomic E-state index is 13.0. The molecule has 0 spiro atoms. The van der Waals surface area contributed by atoms with E-state index in [9.17, 15) is 22.8 Å². The molecule has 36 heavy (non-hydrogen) atoms. The molecule has 10 nitrogen and oxygen atoms in total. The largest absolute Gasteiger partial charge is 0.490 e. The number of carbonyl (C=O) groups is 3. The average molecular weight is 543 g/mol. The summed E-state index contributed by atoms with van der Waals surface area (Å²) in [5.74, 6) is -0.786. The topological polar surface area (TPSA) is 132 Å². The number of halogens is 1. The first-order valence-corrected chi connectivity index (χ1v) is 12.8. The minimum Gasteiger partial charge on any atom is -0.490 e. The van der Waals surface area contributed by atoms with Crippen LogP contribution in [0.1, 0.15) is 20.8 Å². The van der Waals surface area contributed by atoms with E-state index in [2.05, 4.69) is 0 Å². The van der Waals surface area contributed by atoms with Crippen molar-refractivity contribution < 1.29 is 46.5 Å². The number of sulfone groups is 1. The fraction of sp³-hybridized carbons (Fsp3) is 0.375. The van der Waals surface area contributed by atoms with Gasteiger partial charge < -0.3 is 23.7 Å². The van der Waals surface area contributed by atoms with Crippen LogP contribution in [0.25, 0.3) is 0 Å². The van der Waals surface area contributed by atoms with Gasteiger partial charge in [0, 0.05) is 20.8 Å². The lowest BCUT2D eigenvalue weighted by molar-refractivity contribution is -0.158. The van der Waals surface area contributed by atoms with E-state index in [1.54, 1.807) is 0 Å². The Morgan fingerprint density at radius 3 is 1.50 bits per heavy atom. The number of benzene rings is 2. The third kappa shape index (κ3) is 9.38. The number of rotatable bonds is 13. The highest BCUT2D eigenvalue weighted by molar-refractivity contribution is 7.91. The van der Waals surface area contributed by atoms with E-state index in [1.807, 2.05) is 0 Å². The Labute approximate surface area is 214 Å². The van der Waals surface area contributed by atoms with E-state index in [-0.39, 0.29) is 35.5 Å². The Morgan fingerprint density at radius 1 is 0.694 bits per heavy atom. The Balaban J connectivity index is 2.01. The lowest BCUT2D eigenvalue weighted by atomic mass is 10.3. The van der Waals surface area contributed by atoms with Crippen molar-refractivity contribution in [3.8, 4) is 11.5 Å². The first-order valence-electron chi connectivity index (χ1n) is 10.8. The van der Waals surface area contributed by atoms with Gasteiger partial charge in [-0.3, -0.25) is 14.4 Å². The van der Waals surface area contributed by atoms with Crippen molar-refractivity contribution in [2.75, 3.05) is 25.7 Å². The number of hydrogen-bond donors (Lipinski definition) is 0. The molecule has 0 unspecified atom stereocenters. The summed E-state index contributed by atoms with van der Waals surface area (Å²) in [4.78, 5) is 33.3. The van der Waals surface area contributed by atoms with Gasteiger partial charge >= 0.3 is 17.9 Å². The Morgan fingerprint density at radius 2 is 1.11 bits per heavy atom. The average Bonchev–Trinajstić information content (AvgIpc) is 2.83. The van der Waals surface area contributed by atoms with Gasteiger partial charge in [-0.25, -0.2) is 8.42 Å². The van der Waals surface area contributed by atoms with Crippen molar-refractivity contribution in [1.82, 2.24) is 0 Å². The lowest BCUT2D eigenvalue weighted by Gasteiger charge is -2.17. The fourth-order valence-electron chi connectivity index (χ4n) is 2.85. The zero-order valence-electron chi connectivity index (χ0n) is 20.0. The summed E-state index contributed by atoms with van der Waals surface area (Å²) in [6, 6.07) is 11.5. The van der Waals surface area contributed by atoms with E-state index in [0.29, 0.717) is 11.5 Å². The van der Waals surface area contributed by atoms with Gasteiger partial charge in [0.2, 0.25) is 9.84 Å². The van der Waals surface area contributed by atoms with Crippen LogP contribution < -0.4 is 9.47 Å².